The van der Waals surface area contributed by atoms with Gasteiger partial charge in [-0.1, -0.05) is 0 Å². The van der Waals surface area contributed by atoms with Gasteiger partial charge in [-0.3, -0.25) is 29.9 Å². The normalized spacial score (nSPS) is 27.1. The molecular weight excluding hydrogens is 352 g/mol. The molecule has 0 aromatic heterocycles. The molecule has 1 aromatic carbocycles. The van der Waals surface area contributed by atoms with Gasteiger partial charge in [-0.05, 0) is 38.3 Å². The molecule has 4 rings (SSSR count). The van der Waals surface area contributed by atoms with Crippen molar-refractivity contribution >= 4 is 29.2 Å². The summed E-state index contributed by atoms with van der Waals surface area (Å²) in [6, 6.07) is 3.09. The fourth-order valence-electron chi connectivity index (χ4n) is 4.68. The summed E-state index contributed by atoms with van der Waals surface area (Å²) >= 11 is 0. The summed E-state index contributed by atoms with van der Waals surface area (Å²) in [5.74, 6) is -1.12. The van der Waals surface area contributed by atoms with E-state index in [1.165, 1.54) is 12.1 Å². The summed E-state index contributed by atoms with van der Waals surface area (Å²) in [5.41, 5.74) is -0.120. The Labute approximate surface area is 155 Å². The Morgan fingerprint density at radius 2 is 2.04 bits per heavy atom. The number of urea groups is 1. The van der Waals surface area contributed by atoms with Crippen molar-refractivity contribution in [1.29, 1.82) is 0 Å². The largest absolute Gasteiger partial charge is 0.367 e. The second-order valence-corrected chi connectivity index (χ2v) is 7.60. The van der Waals surface area contributed by atoms with Gasteiger partial charge in [-0.25, -0.2) is 4.79 Å². The Hall–Kier alpha value is -2.97. The number of fused-ring (bicyclic) bond motifs is 4. The van der Waals surface area contributed by atoms with Crippen molar-refractivity contribution in [3.05, 3.63) is 33.9 Å². The third-order valence-corrected chi connectivity index (χ3v) is 5.84. The van der Waals surface area contributed by atoms with Crippen LogP contribution in [0.4, 0.5) is 16.2 Å². The van der Waals surface area contributed by atoms with Crippen LogP contribution in [0.15, 0.2) is 18.2 Å². The quantitative estimate of drug-likeness (QED) is 0.479. The molecule has 0 saturated carbocycles. The number of benzene rings is 1. The second-order valence-electron chi connectivity index (χ2n) is 7.60. The van der Waals surface area contributed by atoms with Gasteiger partial charge >= 0.3 is 6.03 Å². The Kier molecular flexibility index (Phi) is 3.72. The number of nitrogens with one attached hydrogen (secondary N) is 1. The zero-order valence-corrected chi connectivity index (χ0v) is 15.1. The lowest BCUT2D eigenvalue weighted by molar-refractivity contribution is -0.384. The summed E-state index contributed by atoms with van der Waals surface area (Å²) in [4.78, 5) is 52.4. The second kappa shape index (κ2) is 5.77. The monoisotopic (exact) mass is 372 g/mol. The molecule has 3 aliphatic heterocycles. The summed E-state index contributed by atoms with van der Waals surface area (Å²) in [7, 11) is 0. The summed E-state index contributed by atoms with van der Waals surface area (Å²) in [5, 5.41) is 13.5. The lowest BCUT2D eigenvalue weighted by Gasteiger charge is -2.50. The fourth-order valence-corrected chi connectivity index (χ4v) is 4.68. The van der Waals surface area contributed by atoms with Crippen molar-refractivity contribution in [1.82, 2.24) is 10.2 Å². The maximum Gasteiger partial charge on any atom is 0.331 e. The first kappa shape index (κ1) is 17.4. The lowest BCUT2D eigenvalue weighted by atomic mass is 9.68. The van der Waals surface area contributed by atoms with Gasteiger partial charge in [0, 0.05) is 36.8 Å². The number of hydrogen-bond acceptors (Lipinski definition) is 6. The number of non-ortho nitro benzene ring substituents is 1. The Morgan fingerprint density at radius 1 is 1.30 bits per heavy atom. The molecule has 3 heterocycles. The molecule has 0 bridgehead atoms. The van der Waals surface area contributed by atoms with E-state index in [1.807, 2.05) is 4.90 Å². The number of anilines is 1. The molecule has 2 fully saturated rings. The molecule has 2 saturated heterocycles. The molecule has 0 aliphatic carbocycles. The molecule has 1 N–H and O–H groups in total. The highest BCUT2D eigenvalue weighted by molar-refractivity contribution is 6.20. The van der Waals surface area contributed by atoms with Crippen molar-refractivity contribution in [3.8, 4) is 0 Å². The third-order valence-electron chi connectivity index (χ3n) is 5.84. The predicted octanol–water partition coefficient (Wildman–Crippen LogP) is 1.59. The molecule has 27 heavy (non-hydrogen) atoms. The lowest BCUT2D eigenvalue weighted by Crippen LogP contribution is -2.72. The smallest absolute Gasteiger partial charge is 0.331 e. The number of nitro groups is 1. The van der Waals surface area contributed by atoms with Crippen LogP contribution in [-0.4, -0.2) is 46.3 Å². The number of amides is 4. The maximum absolute atomic E-state index is 13.4. The molecule has 1 aromatic rings. The van der Waals surface area contributed by atoms with Crippen LogP contribution in [0.25, 0.3) is 0 Å². The van der Waals surface area contributed by atoms with Crippen LogP contribution in [0.2, 0.25) is 0 Å². The van der Waals surface area contributed by atoms with E-state index < -0.39 is 34.2 Å². The van der Waals surface area contributed by atoms with Crippen LogP contribution in [0, 0.1) is 15.5 Å². The Morgan fingerprint density at radius 3 is 2.70 bits per heavy atom. The highest BCUT2D eigenvalue weighted by Crippen LogP contribution is 2.49. The molecule has 0 radical (unpaired) electrons. The Bertz CT molecular complexity index is 883. The Balaban J connectivity index is 1.88. The number of hydrogen-bond donors (Lipinski definition) is 1. The van der Waals surface area contributed by atoms with Crippen LogP contribution >= 0.6 is 0 Å². The van der Waals surface area contributed by atoms with Gasteiger partial charge in [0.25, 0.3) is 5.69 Å². The van der Waals surface area contributed by atoms with E-state index in [4.69, 9.17) is 0 Å². The van der Waals surface area contributed by atoms with Gasteiger partial charge < -0.3 is 4.90 Å². The van der Waals surface area contributed by atoms with Gasteiger partial charge in [0.05, 0.1) is 11.0 Å². The summed E-state index contributed by atoms with van der Waals surface area (Å²) in [6.07, 6.45) is 1.50. The first-order valence-corrected chi connectivity index (χ1v) is 9.00. The molecule has 3 aliphatic rings. The first-order chi connectivity index (χ1) is 12.8. The van der Waals surface area contributed by atoms with E-state index in [1.54, 1.807) is 19.9 Å². The minimum absolute atomic E-state index is 0.0480. The zero-order chi connectivity index (χ0) is 19.5. The molecule has 2 atom stereocenters. The van der Waals surface area contributed by atoms with E-state index >= 15 is 0 Å². The van der Waals surface area contributed by atoms with Gasteiger partial charge in [0.1, 0.15) is 0 Å². The highest BCUT2D eigenvalue weighted by atomic mass is 16.6. The standard InChI is InChI=1S/C18H20N4O5/c1-10(2)21-16(24)18(15(23)19-17(21)25)9-11-8-12(22(26)27)5-6-13(11)20-7-3-4-14(18)20/h5-6,8,10,14H,3-4,7,9H2,1-2H3,(H,19,23,25)/t14-,18+/m0/s1. The number of rotatable bonds is 2. The molecule has 0 unspecified atom stereocenters. The average molecular weight is 372 g/mol. The van der Waals surface area contributed by atoms with E-state index in [-0.39, 0.29) is 18.2 Å². The molecule has 4 amide bonds. The topological polar surface area (TPSA) is 113 Å². The maximum atomic E-state index is 13.4. The van der Waals surface area contributed by atoms with Crippen molar-refractivity contribution in [2.75, 3.05) is 11.4 Å². The highest BCUT2D eigenvalue weighted by Gasteiger charge is 2.63. The molecular formula is C18H20N4O5. The van der Waals surface area contributed by atoms with E-state index in [0.717, 1.165) is 17.0 Å². The number of carbonyl (C=O) groups is 3. The van der Waals surface area contributed by atoms with Crippen molar-refractivity contribution < 1.29 is 19.3 Å². The van der Waals surface area contributed by atoms with Gasteiger partial charge in [-0.2, -0.15) is 0 Å². The fraction of sp³-hybridized carbons (Fsp3) is 0.500. The number of barbiturate groups is 1. The van der Waals surface area contributed by atoms with Crippen LogP contribution in [0.1, 0.15) is 32.3 Å². The zero-order valence-electron chi connectivity index (χ0n) is 15.1. The van der Waals surface area contributed by atoms with Crippen molar-refractivity contribution in [2.45, 2.75) is 45.2 Å². The van der Waals surface area contributed by atoms with E-state index in [0.29, 0.717) is 18.5 Å². The van der Waals surface area contributed by atoms with Crippen LogP contribution in [0.5, 0.6) is 0 Å². The first-order valence-electron chi connectivity index (χ1n) is 9.00. The average Bonchev–Trinajstić information content (AvgIpc) is 3.09. The van der Waals surface area contributed by atoms with Crippen LogP contribution in [-0.2, 0) is 16.0 Å². The molecule has 9 heteroatoms. The number of nitrogens with zero attached hydrogens (tertiary/aromatic N) is 3. The van der Waals surface area contributed by atoms with Gasteiger partial charge in [-0.15, -0.1) is 0 Å². The van der Waals surface area contributed by atoms with E-state index in [9.17, 15) is 24.5 Å². The predicted molar refractivity (Wildman–Crippen MR) is 95.1 cm³/mol. The van der Waals surface area contributed by atoms with Gasteiger partial charge in [0.15, 0.2) is 5.41 Å². The third kappa shape index (κ3) is 2.27. The number of nitro benzene ring substituents is 1. The minimum Gasteiger partial charge on any atom is -0.367 e. The summed E-state index contributed by atoms with van der Waals surface area (Å²) in [6.45, 7) is 4.09. The summed E-state index contributed by atoms with van der Waals surface area (Å²) < 4.78 is 0. The SMILES string of the molecule is CC(C)N1C(=O)NC(=O)[C@]2(Cc3cc([N+](=O)[O-])ccc3N3CCC[C@H]32)C1=O. The van der Waals surface area contributed by atoms with Crippen molar-refractivity contribution in [3.63, 3.8) is 0 Å². The van der Waals surface area contributed by atoms with Gasteiger partial charge in [0.2, 0.25) is 11.8 Å². The molecule has 142 valence electrons. The minimum atomic E-state index is -1.45. The molecule has 1 spiro atoms. The van der Waals surface area contributed by atoms with Crippen LogP contribution < -0.4 is 10.2 Å². The van der Waals surface area contributed by atoms with Crippen molar-refractivity contribution in [2.24, 2.45) is 5.41 Å². The molecule has 9 nitrogen and oxygen atoms in total. The number of carbonyl (C=O) groups excluding carboxylic acids is 3. The van der Waals surface area contributed by atoms with E-state index in [2.05, 4.69) is 5.32 Å². The number of imide groups is 2. The van der Waals surface area contributed by atoms with Crippen LogP contribution in [0.3, 0.4) is 0 Å².